The van der Waals surface area contributed by atoms with E-state index < -0.39 is 5.82 Å². The van der Waals surface area contributed by atoms with Crippen LogP contribution < -0.4 is 14.7 Å². The van der Waals surface area contributed by atoms with Gasteiger partial charge in [0.1, 0.15) is 32.2 Å². The fourth-order valence-electron chi connectivity index (χ4n) is 15.3. The van der Waals surface area contributed by atoms with Gasteiger partial charge in [-0.1, -0.05) is 177 Å². The summed E-state index contributed by atoms with van der Waals surface area (Å²) in [6.45, 7) is 9.46. The van der Waals surface area contributed by atoms with Crippen molar-refractivity contribution in [2.45, 2.75) is 54.8 Å². The van der Waals surface area contributed by atoms with Gasteiger partial charge in [0.25, 0.3) is 17.7 Å². The first kappa shape index (κ1) is 76.2. The Morgan fingerprint density at radius 2 is 0.771 bits per heavy atom. The van der Waals surface area contributed by atoms with Crippen molar-refractivity contribution < 1.29 is 23.2 Å². The maximum absolute atomic E-state index is 14.0. The third-order valence-corrected chi connectivity index (χ3v) is 23.1. The number of amides is 3. The van der Waals surface area contributed by atoms with Gasteiger partial charge in [-0.15, -0.1) is 0 Å². The Kier molecular flexibility index (Phi) is 24.2. The summed E-state index contributed by atoms with van der Waals surface area (Å²) in [7, 11) is 0. The van der Waals surface area contributed by atoms with Crippen LogP contribution in [-0.2, 0) is 16.2 Å². The Balaban J connectivity index is 0.000000140. The maximum Gasteiger partial charge on any atom is 0.258 e. The Bertz CT molecular complexity index is 4820. The minimum Gasteiger partial charge on any atom is -0.307 e. The summed E-state index contributed by atoms with van der Waals surface area (Å²) in [4.78, 5) is 64.9. The molecule has 9 aromatic rings. The van der Waals surface area contributed by atoms with Gasteiger partial charge in [0, 0.05) is 127 Å². The predicted molar refractivity (Wildman–Crippen MR) is 426 cm³/mol. The van der Waals surface area contributed by atoms with E-state index in [2.05, 4.69) is 41.8 Å². The monoisotopic (exact) mass is 1600 g/mol. The normalized spacial score (nSPS) is 17.3. The largest absolute Gasteiger partial charge is 0.307 e. The first-order valence-electron chi connectivity index (χ1n) is 34.3. The van der Waals surface area contributed by atoms with Crippen molar-refractivity contribution in [3.63, 3.8) is 0 Å². The van der Waals surface area contributed by atoms with Crippen molar-refractivity contribution in [1.82, 2.24) is 29.7 Å². The third kappa shape index (κ3) is 17.5. The molecule has 0 saturated carbocycles. The third-order valence-electron chi connectivity index (χ3n) is 20.8. The topological polar surface area (TPSA) is 109 Å². The zero-order valence-corrected chi connectivity index (χ0v) is 64.1. The lowest BCUT2D eigenvalue weighted by Crippen LogP contribution is -2.46. The van der Waals surface area contributed by atoms with Crippen LogP contribution in [0.5, 0.6) is 0 Å². The molecule has 105 heavy (non-hydrogen) atoms. The smallest absolute Gasteiger partial charge is 0.258 e. The number of carbonyl (C=O) groups is 3. The van der Waals surface area contributed by atoms with Crippen LogP contribution in [0.4, 0.5) is 25.8 Å². The van der Waals surface area contributed by atoms with E-state index in [-0.39, 0.29) is 55.1 Å². The fraction of sp³-hybridized carbons (Fsp3) is 0.259. The molecule has 24 heteroatoms. The zero-order chi connectivity index (χ0) is 73.7. The van der Waals surface area contributed by atoms with Crippen LogP contribution in [0.1, 0.15) is 103 Å². The number of rotatable bonds is 12. The highest BCUT2D eigenvalue weighted by Gasteiger charge is 2.50. The van der Waals surface area contributed by atoms with E-state index in [1.54, 1.807) is 78.0 Å². The molecule has 0 radical (unpaired) electrons. The summed E-state index contributed by atoms with van der Waals surface area (Å²) in [6.07, 6.45) is 20.5. The van der Waals surface area contributed by atoms with Crippen molar-refractivity contribution >= 4 is 169 Å². The highest BCUT2D eigenvalue weighted by Crippen LogP contribution is 2.52. The maximum atomic E-state index is 14.0. The number of nitrogens with zero attached hydrogens (tertiary/aromatic N) is 9. The minimum atomic E-state index is -0.416. The van der Waals surface area contributed by atoms with E-state index in [0.29, 0.717) is 78.8 Å². The number of benzene rings is 6. The summed E-state index contributed by atoms with van der Waals surface area (Å²) in [5, 5.41) is 4.24. The molecule has 6 aliphatic rings. The van der Waals surface area contributed by atoms with Crippen molar-refractivity contribution in [1.29, 1.82) is 0 Å². The predicted octanol–water partition coefficient (Wildman–Crippen LogP) is 21.2. The molecule has 540 valence electrons. The average Bonchev–Trinajstić information content (AvgIpc) is 1.60. The Morgan fingerprint density at radius 1 is 0.381 bits per heavy atom. The Labute approximate surface area is 659 Å². The second-order valence-electron chi connectivity index (χ2n) is 27.2. The quantitative estimate of drug-likeness (QED) is 0.110. The number of likely N-dealkylation sites (tertiary alicyclic amines) is 3. The van der Waals surface area contributed by atoms with Gasteiger partial charge in [-0.25, -0.2) is 23.7 Å². The average molecular weight is 1610 g/mol. The molecule has 9 heterocycles. The lowest BCUT2D eigenvalue weighted by Gasteiger charge is -2.39. The van der Waals surface area contributed by atoms with E-state index in [0.717, 1.165) is 135 Å². The first-order valence-corrected chi connectivity index (χ1v) is 38.1. The first-order chi connectivity index (χ1) is 50.5. The van der Waals surface area contributed by atoms with Gasteiger partial charge in [-0.2, -0.15) is 0 Å². The molecule has 0 bridgehead atoms. The lowest BCUT2D eigenvalue weighted by molar-refractivity contribution is 0.0970. The van der Waals surface area contributed by atoms with E-state index in [4.69, 9.17) is 116 Å². The molecular formula is C81H69Cl10F2N9O3. The zero-order valence-electron chi connectivity index (χ0n) is 56.6. The summed E-state index contributed by atoms with van der Waals surface area (Å²) in [5.41, 5.74) is 9.39. The molecule has 6 aliphatic heterocycles. The number of halogens is 12. The number of aromatic nitrogens is 3. The van der Waals surface area contributed by atoms with Crippen molar-refractivity contribution in [2.24, 2.45) is 0 Å². The summed E-state index contributed by atoms with van der Waals surface area (Å²) in [5.74, 6) is -1.07. The van der Waals surface area contributed by atoms with Gasteiger partial charge in [0.05, 0.1) is 10.0 Å². The van der Waals surface area contributed by atoms with Gasteiger partial charge in [0.2, 0.25) is 0 Å². The standard InChI is InChI=1S/C27H22Cl4FN3O.C27H23Cl3FN3O.C27H24Cl3N3O/c28-18-6-7-23-20(15-18)27(16-35(23)26(36)17-13-24(30)33-25(31)14-17)8-11-34(12-9-27)10-2-3-19-21(29)4-1-5-22(19)32;28-20-4-6-24-21(16-20)27(17-34(24)26(35)19-7-10-32-25(30)15-19)8-12-33(13-9-27)11-1-2-18-3-5-22(29)23(31)14-18;28-21-5-1-3-19(15-21)4-2-12-32-13-9-27(10-14-32)18-33(24-7-6-22(29)17-23(24)27)26(34)20-8-11-31-25(30)16-20/h1-7,13-15H,8-12,16H2;1-7,10,14-16H,8-9,11-13,17H2;1-8,11,15-17H,9-10,12-14,18H2/b3-2+;2-1+;4-2+. The molecule has 3 amide bonds. The van der Waals surface area contributed by atoms with E-state index in [1.165, 1.54) is 29.8 Å². The number of carbonyl (C=O) groups excluding carboxylic acids is 3. The number of pyridine rings is 3. The number of fused-ring (bicyclic) bond motifs is 6. The van der Waals surface area contributed by atoms with E-state index in [1.807, 2.05) is 101 Å². The van der Waals surface area contributed by atoms with Crippen LogP contribution in [0, 0.1) is 11.6 Å². The van der Waals surface area contributed by atoms with Crippen LogP contribution in [0.15, 0.2) is 182 Å². The van der Waals surface area contributed by atoms with Gasteiger partial charge in [-0.3, -0.25) is 29.1 Å². The highest BCUT2D eigenvalue weighted by atomic mass is 35.5. The van der Waals surface area contributed by atoms with E-state index >= 15 is 0 Å². The van der Waals surface area contributed by atoms with E-state index in [9.17, 15) is 23.2 Å². The lowest BCUT2D eigenvalue weighted by atomic mass is 9.74. The number of anilines is 3. The second-order valence-corrected chi connectivity index (χ2v) is 31.3. The molecule has 0 unspecified atom stereocenters. The second kappa shape index (κ2) is 33.3. The fourth-order valence-corrected chi connectivity index (χ4v) is 17.1. The van der Waals surface area contributed by atoms with Gasteiger partial charge in [0.15, 0.2) is 0 Å². The number of hydrogen-bond donors (Lipinski definition) is 0. The van der Waals surface area contributed by atoms with Crippen LogP contribution >= 0.6 is 116 Å². The molecule has 6 aromatic carbocycles. The molecule has 3 fully saturated rings. The van der Waals surface area contributed by atoms with Crippen LogP contribution in [0.2, 0.25) is 50.7 Å². The summed E-state index contributed by atoms with van der Waals surface area (Å²) < 4.78 is 27.7. The molecule has 12 nitrogen and oxygen atoms in total. The minimum absolute atomic E-state index is 0.0587. The molecule has 0 N–H and O–H groups in total. The molecule has 15 rings (SSSR count). The van der Waals surface area contributed by atoms with Crippen LogP contribution in [-0.4, -0.2) is 126 Å². The highest BCUT2D eigenvalue weighted by molar-refractivity contribution is 6.34. The van der Waals surface area contributed by atoms with Crippen molar-refractivity contribution in [3.05, 3.63) is 295 Å². The van der Waals surface area contributed by atoms with Gasteiger partial charge >= 0.3 is 0 Å². The summed E-state index contributed by atoms with van der Waals surface area (Å²) in [6, 6.07) is 44.4. The molecule has 0 atom stereocenters. The Morgan fingerprint density at radius 3 is 1.18 bits per heavy atom. The Hall–Kier alpha value is -6.96. The van der Waals surface area contributed by atoms with Gasteiger partial charge in [-0.05, 0) is 233 Å². The number of hydrogen-bond acceptors (Lipinski definition) is 9. The number of piperidine rings is 3. The van der Waals surface area contributed by atoms with Crippen molar-refractivity contribution in [3.8, 4) is 0 Å². The molecular weight excluding hydrogens is 1540 g/mol. The van der Waals surface area contributed by atoms with Crippen molar-refractivity contribution in [2.75, 3.05) is 93.2 Å². The SMILES string of the molecule is O=C(c1cc(Cl)nc(Cl)c1)N1CC2(CCN(C/C=C/c3c(F)cccc3Cl)CC2)c2cc(Cl)ccc21.O=C(c1ccnc(Cl)c1)N1CC2(CCN(C/C=C/c3ccc(Cl)c(F)c3)CC2)c2cc(Cl)ccc21.O=C(c1ccnc(Cl)c1)N1CC2(CCN(C/C=C/c3cccc(Cl)c3)CC2)c2cc(Cl)ccc21. The molecule has 3 saturated heterocycles. The van der Waals surface area contributed by atoms with Gasteiger partial charge < -0.3 is 14.7 Å². The van der Waals surface area contributed by atoms with Crippen LogP contribution in [0.25, 0.3) is 18.2 Å². The molecule has 0 aliphatic carbocycles. The molecule has 3 aromatic heterocycles. The van der Waals surface area contributed by atoms with Crippen LogP contribution in [0.3, 0.4) is 0 Å². The molecule has 3 spiro atoms. The summed E-state index contributed by atoms with van der Waals surface area (Å²) >= 11 is 61.3.